The fourth-order valence-electron chi connectivity index (χ4n) is 1.38. The van der Waals surface area contributed by atoms with Gasteiger partial charge in [-0.05, 0) is 37.0 Å². The highest BCUT2D eigenvalue weighted by molar-refractivity contribution is 6.31. The molecule has 2 nitrogen and oxygen atoms in total. The van der Waals surface area contributed by atoms with Crippen LogP contribution in [0.25, 0.3) is 0 Å². The fourth-order valence-corrected chi connectivity index (χ4v) is 1.49. The van der Waals surface area contributed by atoms with Crippen LogP contribution in [0.15, 0.2) is 18.2 Å². The summed E-state index contributed by atoms with van der Waals surface area (Å²) in [6.45, 7) is 2.16. The van der Waals surface area contributed by atoms with E-state index in [1.54, 1.807) is 0 Å². The second-order valence-corrected chi connectivity index (χ2v) is 3.89. The Hall–Kier alpha value is -0.280. The molecule has 4 heteroatoms. The minimum atomic E-state index is -0.00174. The maximum Gasteiger partial charge on any atom is 0.0435 e. The molecule has 0 saturated heterocycles. The van der Waals surface area contributed by atoms with Gasteiger partial charge in [0.25, 0.3) is 0 Å². The second kappa shape index (κ2) is 7.07. The second-order valence-electron chi connectivity index (χ2n) is 3.48. The highest BCUT2D eigenvalue weighted by Crippen LogP contribution is 2.21. The van der Waals surface area contributed by atoms with Crippen LogP contribution in [0.5, 0.6) is 0 Å². The number of nitrogens with two attached hydrogens (primary N) is 1. The lowest BCUT2D eigenvalue weighted by Crippen LogP contribution is -2.10. The van der Waals surface area contributed by atoms with Crippen LogP contribution >= 0.6 is 24.0 Å². The molecule has 0 spiro atoms. The van der Waals surface area contributed by atoms with Gasteiger partial charge in [-0.2, -0.15) is 0 Å². The standard InChI is InChI=1S/C11H16ClNO.ClH/c1-8-7-9(4-5-10(8)12)11(13)3-2-6-14;/h4-5,7,11,14H,2-3,6,13H2,1H3;1H/t11-;/m0./s1. The van der Waals surface area contributed by atoms with Gasteiger partial charge in [-0.15, -0.1) is 12.4 Å². The van der Waals surface area contributed by atoms with Gasteiger partial charge in [0.15, 0.2) is 0 Å². The van der Waals surface area contributed by atoms with E-state index >= 15 is 0 Å². The molecule has 1 aromatic rings. The van der Waals surface area contributed by atoms with Crippen LogP contribution < -0.4 is 5.73 Å². The molecule has 0 fully saturated rings. The predicted octanol–water partition coefficient (Wildman–Crippen LogP) is 2.84. The van der Waals surface area contributed by atoms with Gasteiger partial charge in [-0.25, -0.2) is 0 Å². The van der Waals surface area contributed by atoms with Gasteiger partial charge in [-0.1, -0.05) is 23.7 Å². The van der Waals surface area contributed by atoms with E-state index in [0.717, 1.165) is 29.0 Å². The van der Waals surface area contributed by atoms with Crippen LogP contribution in [0.1, 0.15) is 30.0 Å². The Morgan fingerprint density at radius 2 is 2.13 bits per heavy atom. The number of rotatable bonds is 4. The highest BCUT2D eigenvalue weighted by atomic mass is 35.5. The molecular formula is C11H17Cl2NO. The maximum absolute atomic E-state index is 8.68. The molecular weight excluding hydrogens is 233 g/mol. The van der Waals surface area contributed by atoms with E-state index in [0.29, 0.717) is 0 Å². The Kier molecular flexibility index (Phi) is 6.94. The zero-order chi connectivity index (χ0) is 10.6. The largest absolute Gasteiger partial charge is 0.396 e. The third kappa shape index (κ3) is 4.39. The summed E-state index contributed by atoms with van der Waals surface area (Å²) in [4.78, 5) is 0. The van der Waals surface area contributed by atoms with Crippen molar-refractivity contribution in [2.75, 3.05) is 6.61 Å². The molecule has 0 radical (unpaired) electrons. The smallest absolute Gasteiger partial charge is 0.0435 e. The summed E-state index contributed by atoms with van der Waals surface area (Å²) in [5.74, 6) is 0. The van der Waals surface area contributed by atoms with E-state index in [1.165, 1.54) is 0 Å². The molecule has 0 aliphatic rings. The molecule has 0 saturated carbocycles. The predicted molar refractivity (Wildman–Crippen MR) is 66.7 cm³/mol. The normalized spacial score (nSPS) is 12.0. The van der Waals surface area contributed by atoms with Crippen molar-refractivity contribution in [3.63, 3.8) is 0 Å². The van der Waals surface area contributed by atoms with E-state index < -0.39 is 0 Å². The summed E-state index contributed by atoms with van der Waals surface area (Å²) in [5, 5.41) is 9.45. The van der Waals surface area contributed by atoms with E-state index in [4.69, 9.17) is 22.4 Å². The maximum atomic E-state index is 8.68. The Bertz CT molecular complexity index is 305. The van der Waals surface area contributed by atoms with Gasteiger partial charge >= 0.3 is 0 Å². The molecule has 0 heterocycles. The summed E-state index contributed by atoms with van der Waals surface area (Å²) in [6, 6.07) is 5.81. The molecule has 0 aliphatic heterocycles. The molecule has 0 aliphatic carbocycles. The van der Waals surface area contributed by atoms with Crippen molar-refractivity contribution in [2.24, 2.45) is 5.73 Å². The van der Waals surface area contributed by atoms with Gasteiger partial charge in [0.1, 0.15) is 0 Å². The van der Waals surface area contributed by atoms with Crippen LogP contribution in [0, 0.1) is 6.92 Å². The molecule has 3 N–H and O–H groups in total. The third-order valence-electron chi connectivity index (χ3n) is 2.28. The monoisotopic (exact) mass is 249 g/mol. The van der Waals surface area contributed by atoms with Crippen LogP contribution in [-0.4, -0.2) is 11.7 Å². The summed E-state index contributed by atoms with van der Waals surface area (Å²) >= 11 is 5.91. The molecule has 1 aromatic carbocycles. The number of aryl methyl sites for hydroxylation is 1. The number of halogens is 2. The summed E-state index contributed by atoms with van der Waals surface area (Å²) < 4.78 is 0. The Labute approximate surface area is 102 Å². The van der Waals surface area contributed by atoms with E-state index in [9.17, 15) is 0 Å². The molecule has 0 unspecified atom stereocenters. The first-order valence-electron chi connectivity index (χ1n) is 4.77. The summed E-state index contributed by atoms with van der Waals surface area (Å²) in [6.07, 6.45) is 1.54. The topological polar surface area (TPSA) is 46.2 Å². The van der Waals surface area contributed by atoms with Crippen LogP contribution in [0.2, 0.25) is 5.02 Å². The first-order chi connectivity index (χ1) is 6.65. The van der Waals surface area contributed by atoms with Crippen molar-refractivity contribution >= 4 is 24.0 Å². The zero-order valence-corrected chi connectivity index (χ0v) is 10.3. The van der Waals surface area contributed by atoms with E-state index in [-0.39, 0.29) is 25.1 Å². The van der Waals surface area contributed by atoms with Crippen LogP contribution in [-0.2, 0) is 0 Å². The minimum absolute atomic E-state index is 0. The zero-order valence-electron chi connectivity index (χ0n) is 8.74. The van der Waals surface area contributed by atoms with Crippen molar-refractivity contribution in [3.05, 3.63) is 34.3 Å². The average molecular weight is 250 g/mol. The lowest BCUT2D eigenvalue weighted by Gasteiger charge is -2.12. The molecule has 15 heavy (non-hydrogen) atoms. The van der Waals surface area contributed by atoms with Crippen molar-refractivity contribution in [2.45, 2.75) is 25.8 Å². The fraction of sp³-hybridized carbons (Fsp3) is 0.455. The first kappa shape index (κ1) is 14.7. The van der Waals surface area contributed by atoms with Crippen molar-refractivity contribution in [1.29, 1.82) is 0 Å². The van der Waals surface area contributed by atoms with Crippen molar-refractivity contribution in [3.8, 4) is 0 Å². The first-order valence-corrected chi connectivity index (χ1v) is 5.15. The number of benzene rings is 1. The number of aliphatic hydroxyl groups excluding tert-OH is 1. The summed E-state index contributed by atoms with van der Waals surface area (Å²) in [7, 11) is 0. The Morgan fingerprint density at radius 3 is 2.67 bits per heavy atom. The van der Waals surface area contributed by atoms with Gasteiger partial charge in [0.05, 0.1) is 0 Å². The number of hydrogen-bond donors (Lipinski definition) is 2. The third-order valence-corrected chi connectivity index (χ3v) is 2.71. The van der Waals surface area contributed by atoms with Crippen LogP contribution in [0.3, 0.4) is 0 Å². The molecule has 0 amide bonds. The quantitative estimate of drug-likeness (QED) is 0.863. The minimum Gasteiger partial charge on any atom is -0.396 e. The lowest BCUT2D eigenvalue weighted by molar-refractivity contribution is 0.280. The van der Waals surface area contributed by atoms with Crippen molar-refractivity contribution in [1.82, 2.24) is 0 Å². The molecule has 0 aromatic heterocycles. The molecule has 1 rings (SSSR count). The molecule has 1 atom stereocenters. The number of hydrogen-bond acceptors (Lipinski definition) is 2. The van der Waals surface area contributed by atoms with Gasteiger partial charge < -0.3 is 10.8 Å². The highest BCUT2D eigenvalue weighted by Gasteiger charge is 2.06. The SMILES string of the molecule is Cc1cc([C@@H](N)CCCO)ccc1Cl.Cl. The Balaban J connectivity index is 0.00000196. The van der Waals surface area contributed by atoms with Crippen LogP contribution in [0.4, 0.5) is 0 Å². The van der Waals surface area contributed by atoms with E-state index in [2.05, 4.69) is 0 Å². The Morgan fingerprint density at radius 1 is 1.47 bits per heavy atom. The number of aliphatic hydroxyl groups is 1. The lowest BCUT2D eigenvalue weighted by atomic mass is 10.0. The van der Waals surface area contributed by atoms with Gasteiger partial charge in [0.2, 0.25) is 0 Å². The molecule has 0 bridgehead atoms. The van der Waals surface area contributed by atoms with Gasteiger partial charge in [0, 0.05) is 17.7 Å². The average Bonchev–Trinajstić information content (AvgIpc) is 2.18. The summed E-state index contributed by atoms with van der Waals surface area (Å²) in [5.41, 5.74) is 8.07. The van der Waals surface area contributed by atoms with Crippen molar-refractivity contribution < 1.29 is 5.11 Å². The molecule has 86 valence electrons. The van der Waals surface area contributed by atoms with Gasteiger partial charge in [-0.3, -0.25) is 0 Å². The van der Waals surface area contributed by atoms with E-state index in [1.807, 2.05) is 25.1 Å².